The molecule has 1 aliphatic carbocycles. The number of nitrogens with zero attached hydrogens (tertiary/aromatic N) is 5. The molecule has 2 aliphatic heterocycles. The zero-order valence-corrected chi connectivity index (χ0v) is 14.4. The summed E-state index contributed by atoms with van der Waals surface area (Å²) in [6.07, 6.45) is 3.45. The molecule has 3 atom stereocenters. The highest BCUT2D eigenvalue weighted by Gasteiger charge is 2.41. The summed E-state index contributed by atoms with van der Waals surface area (Å²) in [5.41, 5.74) is 1.10. The molecular formula is C17H25N5O2. The van der Waals surface area contributed by atoms with Crippen molar-refractivity contribution in [2.45, 2.75) is 31.7 Å². The van der Waals surface area contributed by atoms with Crippen LogP contribution in [0.15, 0.2) is 4.99 Å². The molecule has 0 spiro atoms. The molecule has 1 saturated carbocycles. The Bertz CT molecular complexity index is 578. The van der Waals surface area contributed by atoms with Crippen LogP contribution in [0.3, 0.4) is 0 Å². The number of nitriles is 1. The van der Waals surface area contributed by atoms with Crippen molar-refractivity contribution in [3.05, 3.63) is 0 Å². The van der Waals surface area contributed by atoms with Crippen LogP contribution in [0.2, 0.25) is 0 Å². The lowest BCUT2D eigenvalue weighted by Gasteiger charge is -2.22. The zero-order valence-electron chi connectivity index (χ0n) is 14.4. The van der Waals surface area contributed by atoms with Gasteiger partial charge in [-0.05, 0) is 37.5 Å². The standard InChI is InChI=1S/C17H25N5O2/c1-20(2)17(24)21-10-12-6-14(7-13(12)11-21)19-9-16(23)22-5-3-4-15(22)8-18/h12-13,15H,3-7,9-11H2,1-2H3/t12-,13-,15?/m0/s1. The van der Waals surface area contributed by atoms with Crippen LogP contribution in [-0.4, -0.2) is 78.7 Å². The molecule has 0 aromatic heterocycles. The van der Waals surface area contributed by atoms with Gasteiger partial charge in [0.2, 0.25) is 5.91 Å². The van der Waals surface area contributed by atoms with Gasteiger partial charge >= 0.3 is 6.03 Å². The Morgan fingerprint density at radius 3 is 2.54 bits per heavy atom. The minimum atomic E-state index is -0.272. The van der Waals surface area contributed by atoms with Gasteiger partial charge in [-0.25, -0.2) is 4.79 Å². The molecule has 3 aliphatic rings. The normalized spacial score (nSPS) is 28.7. The number of hydrogen-bond acceptors (Lipinski definition) is 4. The van der Waals surface area contributed by atoms with Gasteiger partial charge in [0, 0.05) is 39.4 Å². The monoisotopic (exact) mass is 331 g/mol. The van der Waals surface area contributed by atoms with Crippen LogP contribution >= 0.6 is 0 Å². The van der Waals surface area contributed by atoms with E-state index in [9.17, 15) is 9.59 Å². The van der Waals surface area contributed by atoms with E-state index in [1.54, 1.807) is 23.9 Å². The van der Waals surface area contributed by atoms with Gasteiger partial charge in [0.15, 0.2) is 0 Å². The molecule has 1 unspecified atom stereocenters. The molecule has 3 amide bonds. The van der Waals surface area contributed by atoms with Crippen molar-refractivity contribution in [1.82, 2.24) is 14.7 Å². The van der Waals surface area contributed by atoms with Gasteiger partial charge in [0.25, 0.3) is 0 Å². The number of urea groups is 1. The van der Waals surface area contributed by atoms with Crippen molar-refractivity contribution in [2.75, 3.05) is 40.3 Å². The van der Waals surface area contributed by atoms with Crippen molar-refractivity contribution in [2.24, 2.45) is 16.8 Å². The number of amides is 3. The van der Waals surface area contributed by atoms with Crippen LogP contribution in [0.5, 0.6) is 0 Å². The molecule has 2 heterocycles. The Morgan fingerprint density at radius 1 is 1.29 bits per heavy atom. The summed E-state index contributed by atoms with van der Waals surface area (Å²) >= 11 is 0. The predicted molar refractivity (Wildman–Crippen MR) is 89.5 cm³/mol. The third-order valence-corrected chi connectivity index (χ3v) is 5.39. The summed E-state index contributed by atoms with van der Waals surface area (Å²) in [5.74, 6) is 0.913. The number of carbonyl (C=O) groups is 2. The van der Waals surface area contributed by atoms with Gasteiger partial charge in [-0.1, -0.05) is 0 Å². The van der Waals surface area contributed by atoms with Gasteiger partial charge in [0.1, 0.15) is 12.6 Å². The molecule has 24 heavy (non-hydrogen) atoms. The van der Waals surface area contributed by atoms with Crippen molar-refractivity contribution >= 4 is 17.6 Å². The van der Waals surface area contributed by atoms with Gasteiger partial charge in [0.05, 0.1) is 6.07 Å². The van der Waals surface area contributed by atoms with E-state index >= 15 is 0 Å². The minimum absolute atomic E-state index is 0.0342. The molecule has 3 rings (SSSR count). The molecule has 130 valence electrons. The highest BCUT2D eigenvalue weighted by Crippen LogP contribution is 2.36. The fraction of sp³-hybridized carbons (Fsp3) is 0.765. The zero-order chi connectivity index (χ0) is 17.3. The average molecular weight is 331 g/mol. The summed E-state index contributed by atoms with van der Waals surface area (Å²) in [7, 11) is 3.56. The van der Waals surface area contributed by atoms with Crippen LogP contribution in [0, 0.1) is 23.2 Å². The smallest absolute Gasteiger partial charge is 0.319 e. The molecule has 0 aromatic rings. The number of likely N-dealkylation sites (tertiary alicyclic amines) is 2. The van der Waals surface area contributed by atoms with E-state index in [0.717, 1.165) is 44.5 Å². The summed E-state index contributed by atoms with van der Waals surface area (Å²) in [6.45, 7) is 2.41. The van der Waals surface area contributed by atoms with Crippen LogP contribution in [0.4, 0.5) is 4.79 Å². The predicted octanol–water partition coefficient (Wildman–Crippen LogP) is 0.965. The second kappa shape index (κ2) is 6.80. The number of hydrogen-bond donors (Lipinski definition) is 0. The lowest BCUT2D eigenvalue weighted by molar-refractivity contribution is -0.129. The van der Waals surface area contributed by atoms with Crippen molar-refractivity contribution < 1.29 is 9.59 Å². The lowest BCUT2D eigenvalue weighted by Crippen LogP contribution is -2.38. The first-order valence-corrected chi connectivity index (χ1v) is 8.67. The van der Waals surface area contributed by atoms with E-state index in [-0.39, 0.29) is 24.5 Å². The van der Waals surface area contributed by atoms with E-state index in [0.29, 0.717) is 18.4 Å². The largest absolute Gasteiger partial charge is 0.331 e. The Labute approximate surface area is 142 Å². The van der Waals surface area contributed by atoms with Crippen molar-refractivity contribution in [3.8, 4) is 6.07 Å². The maximum Gasteiger partial charge on any atom is 0.319 e. The van der Waals surface area contributed by atoms with Crippen molar-refractivity contribution in [3.63, 3.8) is 0 Å². The van der Waals surface area contributed by atoms with Gasteiger partial charge < -0.3 is 14.7 Å². The summed E-state index contributed by atoms with van der Waals surface area (Å²) in [6, 6.07) is 2.00. The number of aliphatic imine (C=N–C) groups is 1. The van der Waals surface area contributed by atoms with Gasteiger partial charge in [-0.15, -0.1) is 0 Å². The van der Waals surface area contributed by atoms with E-state index in [1.165, 1.54) is 0 Å². The number of fused-ring (bicyclic) bond motifs is 1. The first kappa shape index (κ1) is 16.7. The third-order valence-electron chi connectivity index (χ3n) is 5.39. The highest BCUT2D eigenvalue weighted by atomic mass is 16.2. The van der Waals surface area contributed by atoms with E-state index in [4.69, 9.17) is 5.26 Å². The van der Waals surface area contributed by atoms with E-state index in [2.05, 4.69) is 11.1 Å². The molecule has 0 bridgehead atoms. The summed E-state index contributed by atoms with van der Waals surface area (Å²) < 4.78 is 0. The number of carbonyl (C=O) groups excluding carboxylic acids is 2. The first-order valence-electron chi connectivity index (χ1n) is 8.67. The summed E-state index contributed by atoms with van der Waals surface area (Å²) in [4.78, 5) is 34.0. The minimum Gasteiger partial charge on any atom is -0.331 e. The SMILES string of the molecule is CN(C)C(=O)N1C[C@@H]2CC(=NCC(=O)N3CCCC3C#N)C[C@H]2C1. The quantitative estimate of drug-likeness (QED) is 0.756. The summed E-state index contributed by atoms with van der Waals surface area (Å²) in [5, 5.41) is 9.07. The Balaban J connectivity index is 1.51. The lowest BCUT2D eigenvalue weighted by atomic mass is 10.0. The molecule has 7 heteroatoms. The first-order chi connectivity index (χ1) is 11.5. The van der Waals surface area contributed by atoms with Crippen LogP contribution in [-0.2, 0) is 4.79 Å². The van der Waals surface area contributed by atoms with Crippen LogP contribution in [0.25, 0.3) is 0 Å². The van der Waals surface area contributed by atoms with Crippen LogP contribution in [0.1, 0.15) is 25.7 Å². The molecule has 7 nitrogen and oxygen atoms in total. The molecule has 3 fully saturated rings. The second-order valence-electron chi connectivity index (χ2n) is 7.27. The van der Waals surface area contributed by atoms with Crippen molar-refractivity contribution in [1.29, 1.82) is 5.26 Å². The van der Waals surface area contributed by atoms with Crippen LogP contribution < -0.4 is 0 Å². The Kier molecular flexibility index (Phi) is 4.74. The Morgan fingerprint density at radius 2 is 1.96 bits per heavy atom. The van der Waals surface area contributed by atoms with Gasteiger partial charge in [-0.2, -0.15) is 5.26 Å². The van der Waals surface area contributed by atoms with E-state index in [1.807, 2.05) is 4.90 Å². The molecule has 0 aromatic carbocycles. The van der Waals surface area contributed by atoms with Gasteiger partial charge in [-0.3, -0.25) is 9.79 Å². The second-order valence-corrected chi connectivity index (χ2v) is 7.27. The van der Waals surface area contributed by atoms with E-state index < -0.39 is 0 Å². The molecule has 0 radical (unpaired) electrons. The fourth-order valence-corrected chi connectivity index (χ4v) is 4.13. The topological polar surface area (TPSA) is 80.0 Å². The fourth-order valence-electron chi connectivity index (χ4n) is 4.13. The average Bonchev–Trinajstić information content (AvgIpc) is 3.25. The molecular weight excluding hydrogens is 306 g/mol. The number of rotatable bonds is 2. The molecule has 2 saturated heterocycles. The maximum absolute atomic E-state index is 12.2. The Hall–Kier alpha value is -2.10. The maximum atomic E-state index is 12.2. The highest BCUT2D eigenvalue weighted by molar-refractivity contribution is 5.90. The third kappa shape index (κ3) is 3.23. The molecule has 0 N–H and O–H groups in total.